The number of hydrogen-bond acceptors (Lipinski definition) is 5. The quantitative estimate of drug-likeness (QED) is 0.190. The van der Waals surface area contributed by atoms with Crippen molar-refractivity contribution in [1.29, 1.82) is 0 Å². The predicted molar refractivity (Wildman–Crippen MR) is 177 cm³/mol. The van der Waals surface area contributed by atoms with Crippen molar-refractivity contribution in [3.63, 3.8) is 0 Å². The molecule has 7 heteroatoms. The van der Waals surface area contributed by atoms with Crippen molar-refractivity contribution in [2.24, 2.45) is 0 Å². The highest BCUT2D eigenvalue weighted by atomic mass is 35.5. The van der Waals surface area contributed by atoms with E-state index in [9.17, 15) is 9.59 Å². The molecule has 44 heavy (non-hydrogen) atoms. The van der Waals surface area contributed by atoms with E-state index in [-0.39, 0.29) is 17.0 Å². The Balaban J connectivity index is 0.000000339. The van der Waals surface area contributed by atoms with Crippen molar-refractivity contribution in [3.05, 3.63) is 131 Å². The van der Waals surface area contributed by atoms with Gasteiger partial charge in [-0.25, -0.2) is 0 Å². The fraction of sp³-hybridized carbons (Fsp3) is 0.297. The van der Waals surface area contributed by atoms with Gasteiger partial charge in [0.2, 0.25) is 0 Å². The summed E-state index contributed by atoms with van der Waals surface area (Å²) >= 11 is 5.22. The molecule has 4 aromatic rings. The van der Waals surface area contributed by atoms with Crippen LogP contribution in [-0.4, -0.2) is 56.3 Å². The molecule has 0 heterocycles. The molecule has 0 unspecified atom stereocenters. The number of halogens is 1. The van der Waals surface area contributed by atoms with Gasteiger partial charge in [0.05, 0.1) is 19.8 Å². The van der Waals surface area contributed by atoms with Gasteiger partial charge in [0, 0.05) is 23.7 Å². The van der Waals surface area contributed by atoms with Gasteiger partial charge in [-0.05, 0) is 111 Å². The second-order valence-corrected chi connectivity index (χ2v) is 11.6. The summed E-state index contributed by atoms with van der Waals surface area (Å²) in [5.74, 6) is 1.51. The van der Waals surface area contributed by atoms with Crippen LogP contribution in [0.1, 0.15) is 57.5 Å². The first-order valence-corrected chi connectivity index (χ1v) is 15.1. The second-order valence-electron chi connectivity index (χ2n) is 11.3. The largest absolute Gasteiger partial charge is 0.497 e. The van der Waals surface area contributed by atoms with Crippen molar-refractivity contribution in [3.8, 4) is 11.5 Å². The summed E-state index contributed by atoms with van der Waals surface area (Å²) in [4.78, 5) is 28.6. The van der Waals surface area contributed by atoms with Crippen LogP contribution in [0.3, 0.4) is 0 Å². The first-order chi connectivity index (χ1) is 21.2. The molecule has 0 atom stereocenters. The molecule has 1 saturated carbocycles. The molecule has 0 spiro atoms. The van der Waals surface area contributed by atoms with E-state index >= 15 is 0 Å². The normalized spacial score (nSPS) is 19.3. The minimum Gasteiger partial charge on any atom is -0.497 e. The second kappa shape index (κ2) is 14.6. The van der Waals surface area contributed by atoms with Gasteiger partial charge in [0.15, 0.2) is 0 Å². The van der Waals surface area contributed by atoms with Crippen molar-refractivity contribution in [2.45, 2.75) is 36.8 Å². The fourth-order valence-corrected chi connectivity index (χ4v) is 6.36. The highest BCUT2D eigenvalue weighted by molar-refractivity contribution is 6.67. The highest BCUT2D eigenvalue weighted by Gasteiger charge is 2.49. The Morgan fingerprint density at radius 2 is 0.977 bits per heavy atom. The van der Waals surface area contributed by atoms with Crippen LogP contribution in [0.15, 0.2) is 109 Å². The first kappa shape index (κ1) is 32.8. The van der Waals surface area contributed by atoms with Crippen molar-refractivity contribution in [1.82, 2.24) is 9.80 Å². The van der Waals surface area contributed by atoms with E-state index in [4.69, 9.17) is 21.1 Å². The molecule has 230 valence electrons. The van der Waals surface area contributed by atoms with Gasteiger partial charge in [-0.2, -0.15) is 0 Å². The first-order valence-electron chi connectivity index (χ1n) is 14.7. The lowest BCUT2D eigenvalue weighted by Gasteiger charge is -2.53. The van der Waals surface area contributed by atoms with Gasteiger partial charge in [-0.1, -0.05) is 60.7 Å². The molecule has 5 rings (SSSR count). The molecule has 0 bridgehead atoms. The number of carbonyl (C=O) groups excluding carboxylic acids is 2. The van der Waals surface area contributed by atoms with E-state index in [1.165, 1.54) is 11.1 Å². The van der Waals surface area contributed by atoms with Crippen LogP contribution in [0.5, 0.6) is 11.5 Å². The average Bonchev–Trinajstić information content (AvgIpc) is 3.08. The Bertz CT molecular complexity index is 1500. The Labute approximate surface area is 266 Å². The third-order valence-corrected chi connectivity index (χ3v) is 9.20. The van der Waals surface area contributed by atoms with Crippen LogP contribution in [0.2, 0.25) is 0 Å². The molecule has 1 aliphatic carbocycles. The summed E-state index contributed by atoms with van der Waals surface area (Å²) in [5, 5.41) is -0.451. The zero-order valence-electron chi connectivity index (χ0n) is 26.1. The molecule has 4 aromatic carbocycles. The number of nitrogens with zero attached hydrogens (tertiary/aromatic N) is 2. The lowest BCUT2D eigenvalue weighted by molar-refractivity contribution is 0.00144. The molecular weight excluding hydrogens is 572 g/mol. The predicted octanol–water partition coefficient (Wildman–Crippen LogP) is 7.77. The van der Waals surface area contributed by atoms with Crippen LogP contribution < -0.4 is 9.47 Å². The third kappa shape index (κ3) is 6.98. The Kier molecular flexibility index (Phi) is 10.8. The maximum atomic E-state index is 13.7. The molecule has 0 N–H and O–H groups in total. The topological polar surface area (TPSA) is 59.1 Å². The summed E-state index contributed by atoms with van der Waals surface area (Å²) < 4.78 is 10.2. The summed E-state index contributed by atoms with van der Waals surface area (Å²) in [6.07, 6.45) is 3.73. The van der Waals surface area contributed by atoms with E-state index in [0.29, 0.717) is 16.9 Å². The van der Waals surface area contributed by atoms with Gasteiger partial charge in [-0.3, -0.25) is 14.5 Å². The Morgan fingerprint density at radius 1 is 0.591 bits per heavy atom. The molecule has 0 aliphatic heterocycles. The number of amides is 1. The standard InChI is InChI=1S/C29H34N2O2.C8H7ClO2/c1-30(2)28(24-11-7-5-8-12-24)19-21-29(22-20-28,25-13-9-6-10-14-25)31(3)27(32)23-15-17-26(33-4)18-16-23;1-11-7-4-2-6(3-5-7)8(9)10/h5-18H,19-22H2,1-4H3;2-5H,1H3. The SMILES string of the molecule is COc1ccc(C(=O)Cl)cc1.COc1ccc(C(=O)N(C)C2(c3ccccc3)CCC(c3ccccc3)(N(C)C)CC2)cc1. The van der Waals surface area contributed by atoms with E-state index in [1.807, 2.05) is 42.3 Å². The molecule has 1 fully saturated rings. The highest BCUT2D eigenvalue weighted by Crippen LogP contribution is 2.50. The number of ether oxygens (including phenoxy) is 2. The fourth-order valence-electron chi connectivity index (χ4n) is 6.23. The average molecular weight is 613 g/mol. The minimum atomic E-state index is -0.451. The number of methoxy groups -OCH3 is 2. The van der Waals surface area contributed by atoms with E-state index in [1.54, 1.807) is 38.5 Å². The van der Waals surface area contributed by atoms with E-state index in [0.717, 1.165) is 31.4 Å². The molecular formula is C37H41ClN2O4. The maximum Gasteiger partial charge on any atom is 0.254 e. The van der Waals surface area contributed by atoms with E-state index in [2.05, 4.69) is 73.6 Å². The minimum absolute atomic E-state index is 0.0382. The zero-order chi connectivity index (χ0) is 31.7. The number of benzene rings is 4. The number of rotatable bonds is 8. The van der Waals surface area contributed by atoms with Gasteiger partial charge in [0.25, 0.3) is 11.1 Å². The van der Waals surface area contributed by atoms with Crippen LogP contribution in [0.25, 0.3) is 0 Å². The van der Waals surface area contributed by atoms with Crippen LogP contribution >= 0.6 is 11.6 Å². The number of hydrogen-bond donors (Lipinski definition) is 0. The third-order valence-electron chi connectivity index (χ3n) is 8.98. The van der Waals surface area contributed by atoms with Crippen LogP contribution in [0.4, 0.5) is 0 Å². The molecule has 0 radical (unpaired) electrons. The van der Waals surface area contributed by atoms with E-state index < -0.39 is 5.24 Å². The summed E-state index contributed by atoms with van der Waals surface area (Å²) in [5.41, 5.74) is 3.32. The summed E-state index contributed by atoms with van der Waals surface area (Å²) in [6.45, 7) is 0. The number of carbonyl (C=O) groups is 2. The van der Waals surface area contributed by atoms with Gasteiger partial charge < -0.3 is 14.4 Å². The van der Waals surface area contributed by atoms with Gasteiger partial charge >= 0.3 is 0 Å². The maximum absolute atomic E-state index is 13.7. The molecule has 1 amide bonds. The molecule has 6 nitrogen and oxygen atoms in total. The molecule has 1 aliphatic rings. The van der Waals surface area contributed by atoms with Crippen LogP contribution in [-0.2, 0) is 11.1 Å². The van der Waals surface area contributed by atoms with Crippen molar-refractivity contribution < 1.29 is 19.1 Å². The van der Waals surface area contributed by atoms with Gasteiger partial charge in [-0.15, -0.1) is 0 Å². The molecule has 0 saturated heterocycles. The lowest BCUT2D eigenvalue weighted by atomic mass is 9.65. The smallest absolute Gasteiger partial charge is 0.254 e. The monoisotopic (exact) mass is 612 g/mol. The van der Waals surface area contributed by atoms with Crippen LogP contribution in [0, 0.1) is 0 Å². The Morgan fingerprint density at radius 3 is 1.36 bits per heavy atom. The lowest BCUT2D eigenvalue weighted by Crippen LogP contribution is -2.54. The summed E-state index contributed by atoms with van der Waals surface area (Å²) in [7, 11) is 9.52. The van der Waals surface area contributed by atoms with Gasteiger partial charge in [0.1, 0.15) is 11.5 Å². The van der Waals surface area contributed by atoms with Crippen molar-refractivity contribution >= 4 is 22.8 Å². The Hall–Kier alpha value is -4.13. The van der Waals surface area contributed by atoms with Crippen molar-refractivity contribution in [2.75, 3.05) is 35.4 Å². The summed E-state index contributed by atoms with van der Waals surface area (Å²) in [6, 6.07) is 35.4. The zero-order valence-corrected chi connectivity index (χ0v) is 26.9. The molecule has 0 aromatic heterocycles.